The van der Waals surface area contributed by atoms with Gasteiger partial charge in [-0.05, 0) is 29.5 Å². The number of thioether (sulfide) groups is 1. The quantitative estimate of drug-likeness (QED) is 0.418. The fourth-order valence-electron chi connectivity index (χ4n) is 2.90. The van der Waals surface area contributed by atoms with E-state index < -0.39 is 0 Å². The van der Waals surface area contributed by atoms with Crippen molar-refractivity contribution in [2.24, 2.45) is 4.99 Å². The molecule has 6 heteroatoms. The Morgan fingerprint density at radius 1 is 1.20 bits per heavy atom. The summed E-state index contributed by atoms with van der Waals surface area (Å²) in [5.41, 5.74) is 5.82. The maximum atomic E-state index is 7.07. The number of aromatic nitrogens is 2. The number of hydrogen-bond acceptors (Lipinski definition) is 3. The summed E-state index contributed by atoms with van der Waals surface area (Å²) in [4.78, 5) is 12.4. The van der Waals surface area contributed by atoms with Gasteiger partial charge in [0.1, 0.15) is 10.2 Å². The van der Waals surface area contributed by atoms with E-state index in [0.717, 1.165) is 33.1 Å². The van der Waals surface area contributed by atoms with Gasteiger partial charge in [-0.1, -0.05) is 35.9 Å². The Morgan fingerprint density at radius 3 is 2.72 bits per heavy atom. The fourth-order valence-corrected chi connectivity index (χ4v) is 3.65. The first-order valence-electron chi connectivity index (χ1n) is 7.63. The highest BCUT2D eigenvalue weighted by atomic mass is 35.5. The number of nitrogens with zero attached hydrogens (tertiary/aromatic N) is 4. The Kier molecular flexibility index (Phi) is 4.08. The number of aliphatic imine (C=N–C) groups is 1. The summed E-state index contributed by atoms with van der Waals surface area (Å²) in [6, 6.07) is 11.7. The summed E-state index contributed by atoms with van der Waals surface area (Å²) >= 11 is 7.67. The van der Waals surface area contributed by atoms with Crippen LogP contribution in [0.3, 0.4) is 0 Å². The molecule has 3 aromatic rings. The van der Waals surface area contributed by atoms with Crippen LogP contribution >= 0.6 is 23.4 Å². The van der Waals surface area contributed by atoms with Crippen molar-refractivity contribution in [3.05, 3.63) is 76.6 Å². The second-order valence-electron chi connectivity index (χ2n) is 5.66. The molecule has 4 nitrogen and oxygen atoms in total. The van der Waals surface area contributed by atoms with Gasteiger partial charge >= 0.3 is 0 Å². The fraction of sp³-hybridized carbons (Fsp3) is 0.105. The van der Waals surface area contributed by atoms with Gasteiger partial charge in [-0.3, -0.25) is 0 Å². The predicted octanol–water partition coefficient (Wildman–Crippen LogP) is 5.56. The van der Waals surface area contributed by atoms with E-state index in [1.807, 2.05) is 36.6 Å². The Morgan fingerprint density at radius 2 is 2.00 bits per heavy atom. The molecule has 0 N–H and O–H groups in total. The van der Waals surface area contributed by atoms with E-state index in [1.54, 1.807) is 18.0 Å². The van der Waals surface area contributed by atoms with E-state index in [-0.39, 0.29) is 0 Å². The van der Waals surface area contributed by atoms with E-state index in [4.69, 9.17) is 23.2 Å². The number of halogens is 1. The molecule has 3 heterocycles. The molecular weight excluding hydrogens is 352 g/mol. The van der Waals surface area contributed by atoms with Gasteiger partial charge < -0.3 is 4.57 Å². The first-order valence-corrected chi connectivity index (χ1v) is 9.24. The van der Waals surface area contributed by atoms with Crippen LogP contribution in [0.2, 0.25) is 5.15 Å². The van der Waals surface area contributed by atoms with E-state index >= 15 is 0 Å². The first-order chi connectivity index (χ1) is 12.2. The van der Waals surface area contributed by atoms with Gasteiger partial charge in [-0.2, -0.15) is 0 Å². The molecule has 122 valence electrons. The zero-order valence-corrected chi connectivity index (χ0v) is 15.0. The SMILES string of the molecule is [C-]#[N+]c1ccc(-c2cc3n(c2)Cc2cc(Cl)ncc2N=C3SC)cc1. The molecule has 25 heavy (non-hydrogen) atoms. The van der Waals surface area contributed by atoms with E-state index in [1.165, 1.54) is 0 Å². The van der Waals surface area contributed by atoms with Crippen LogP contribution < -0.4 is 0 Å². The monoisotopic (exact) mass is 364 g/mol. The lowest BCUT2D eigenvalue weighted by molar-refractivity contribution is 0.804. The molecule has 0 amide bonds. The minimum atomic E-state index is 0.477. The molecule has 0 unspecified atom stereocenters. The van der Waals surface area contributed by atoms with E-state index in [0.29, 0.717) is 17.4 Å². The molecule has 1 aliphatic heterocycles. The average molecular weight is 365 g/mol. The minimum Gasteiger partial charge on any atom is -0.341 e. The summed E-state index contributed by atoms with van der Waals surface area (Å²) in [7, 11) is 0. The molecule has 0 saturated heterocycles. The molecule has 0 fully saturated rings. The summed E-state index contributed by atoms with van der Waals surface area (Å²) < 4.78 is 2.19. The van der Waals surface area contributed by atoms with Crippen molar-refractivity contribution >= 4 is 39.8 Å². The third-order valence-electron chi connectivity index (χ3n) is 4.13. The van der Waals surface area contributed by atoms with Crippen molar-refractivity contribution in [3.63, 3.8) is 0 Å². The maximum Gasteiger partial charge on any atom is 0.187 e. The third kappa shape index (κ3) is 2.95. The second-order valence-corrected chi connectivity index (χ2v) is 6.84. The topological polar surface area (TPSA) is 34.5 Å². The number of rotatable bonds is 1. The molecule has 2 aromatic heterocycles. The van der Waals surface area contributed by atoms with E-state index in [2.05, 4.69) is 26.7 Å². The molecule has 1 aliphatic rings. The number of pyridine rings is 1. The third-order valence-corrected chi connectivity index (χ3v) is 5.03. The highest BCUT2D eigenvalue weighted by Gasteiger charge is 2.18. The normalized spacial score (nSPS) is 12.6. The van der Waals surface area contributed by atoms with Crippen LogP contribution in [0.15, 0.2) is 53.8 Å². The summed E-state index contributed by atoms with van der Waals surface area (Å²) in [5, 5.41) is 1.43. The molecule has 0 aliphatic carbocycles. The molecule has 0 radical (unpaired) electrons. The molecular formula is C19H13ClN4S. The van der Waals surface area contributed by atoms with Crippen molar-refractivity contribution in [1.82, 2.24) is 9.55 Å². The Labute approximate surface area is 155 Å². The summed E-state index contributed by atoms with van der Waals surface area (Å²) in [6.45, 7) is 7.77. The van der Waals surface area contributed by atoms with Crippen LogP contribution in [0, 0.1) is 6.57 Å². The van der Waals surface area contributed by atoms with Gasteiger partial charge in [-0.25, -0.2) is 14.8 Å². The lowest BCUT2D eigenvalue weighted by Gasteiger charge is -2.06. The Balaban J connectivity index is 1.82. The molecule has 0 saturated carbocycles. The molecule has 0 atom stereocenters. The smallest absolute Gasteiger partial charge is 0.187 e. The Bertz CT molecular complexity index is 1030. The predicted molar refractivity (Wildman–Crippen MR) is 104 cm³/mol. The number of fused-ring (bicyclic) bond motifs is 2. The Hall–Kier alpha value is -2.55. The average Bonchev–Trinajstić information content (AvgIpc) is 2.99. The summed E-state index contributed by atoms with van der Waals surface area (Å²) in [5.74, 6) is 0. The van der Waals surface area contributed by atoms with Crippen molar-refractivity contribution in [2.75, 3.05) is 6.26 Å². The van der Waals surface area contributed by atoms with Crippen LogP contribution in [0.5, 0.6) is 0 Å². The van der Waals surface area contributed by atoms with Crippen molar-refractivity contribution in [1.29, 1.82) is 0 Å². The van der Waals surface area contributed by atoms with Crippen molar-refractivity contribution in [3.8, 4) is 11.1 Å². The molecule has 1 aromatic carbocycles. The van der Waals surface area contributed by atoms with Crippen LogP contribution in [-0.2, 0) is 6.54 Å². The number of hydrogen-bond donors (Lipinski definition) is 0. The van der Waals surface area contributed by atoms with Gasteiger partial charge in [0.2, 0.25) is 0 Å². The van der Waals surface area contributed by atoms with Crippen molar-refractivity contribution in [2.45, 2.75) is 6.54 Å². The second kappa shape index (κ2) is 6.40. The largest absolute Gasteiger partial charge is 0.341 e. The molecule has 0 spiro atoms. The lowest BCUT2D eigenvalue weighted by Crippen LogP contribution is -2.04. The van der Waals surface area contributed by atoms with Gasteiger partial charge in [0.25, 0.3) is 0 Å². The highest BCUT2D eigenvalue weighted by Crippen LogP contribution is 2.32. The highest BCUT2D eigenvalue weighted by molar-refractivity contribution is 8.13. The van der Waals surface area contributed by atoms with Crippen molar-refractivity contribution < 1.29 is 0 Å². The molecule has 0 bridgehead atoms. The van der Waals surface area contributed by atoms with Crippen LogP contribution in [0.4, 0.5) is 11.4 Å². The number of benzene rings is 1. The molecule has 4 rings (SSSR count). The summed E-state index contributed by atoms with van der Waals surface area (Å²) in [6.07, 6.45) is 5.87. The standard InChI is InChI=1S/C19H13ClN4S/c1-21-15-5-3-12(4-6-15)13-7-17-19(25-2)23-16-9-22-18(20)8-14(16)11-24(17)10-13/h3-10H,11H2,2H3. The minimum absolute atomic E-state index is 0.477. The lowest BCUT2D eigenvalue weighted by atomic mass is 10.1. The zero-order valence-electron chi connectivity index (χ0n) is 13.4. The maximum absolute atomic E-state index is 7.07. The van der Waals surface area contributed by atoms with Gasteiger partial charge in [-0.15, -0.1) is 11.8 Å². The van der Waals surface area contributed by atoms with Gasteiger partial charge in [0.15, 0.2) is 5.69 Å². The zero-order chi connectivity index (χ0) is 17.4. The van der Waals surface area contributed by atoms with Gasteiger partial charge in [0, 0.05) is 18.3 Å². The van der Waals surface area contributed by atoms with Crippen LogP contribution in [0.25, 0.3) is 16.0 Å². The van der Waals surface area contributed by atoms with E-state index in [9.17, 15) is 0 Å². The van der Waals surface area contributed by atoms with Crippen LogP contribution in [-0.4, -0.2) is 20.9 Å². The first kappa shape index (κ1) is 15.9. The van der Waals surface area contributed by atoms with Crippen LogP contribution in [0.1, 0.15) is 11.3 Å². The van der Waals surface area contributed by atoms with Gasteiger partial charge in [0.05, 0.1) is 24.2 Å².